The Bertz CT molecular complexity index is 497. The maximum absolute atomic E-state index is 12.4. The van der Waals surface area contributed by atoms with Crippen molar-refractivity contribution in [3.05, 3.63) is 17.5 Å². The van der Waals surface area contributed by atoms with Crippen LogP contribution in [0.1, 0.15) is 61.7 Å². The second-order valence-corrected chi connectivity index (χ2v) is 5.27. The molecule has 1 saturated heterocycles. The molecule has 0 aliphatic carbocycles. The third-order valence-electron chi connectivity index (χ3n) is 3.91. The molecule has 0 unspecified atom stereocenters. The van der Waals surface area contributed by atoms with E-state index in [1.807, 2.05) is 13.8 Å². The Morgan fingerprint density at radius 1 is 1.55 bits per heavy atom. The van der Waals surface area contributed by atoms with E-state index in [2.05, 4.69) is 5.16 Å². The standard InChI is InChI=1S/C14H20N2O4/c1-3-9(2)10-8-12(20-15-10)13(17)16-7-5-4-6-11(16)14(18)19/h8-9,11H,3-7H2,1-2H3,(H,18,19)/t9-,11+/m0/s1. The number of hydrogen-bond acceptors (Lipinski definition) is 4. The molecular weight excluding hydrogens is 260 g/mol. The van der Waals surface area contributed by atoms with Crippen LogP contribution in [-0.4, -0.2) is 39.6 Å². The van der Waals surface area contributed by atoms with Crippen LogP contribution in [-0.2, 0) is 4.79 Å². The molecule has 1 fully saturated rings. The number of carboxylic acid groups (broad SMARTS) is 1. The van der Waals surface area contributed by atoms with E-state index < -0.39 is 12.0 Å². The van der Waals surface area contributed by atoms with Crippen LogP contribution in [0.4, 0.5) is 0 Å². The molecule has 1 aromatic rings. The van der Waals surface area contributed by atoms with Gasteiger partial charge in [0, 0.05) is 18.5 Å². The number of carboxylic acids is 1. The second-order valence-electron chi connectivity index (χ2n) is 5.27. The zero-order chi connectivity index (χ0) is 14.7. The first kappa shape index (κ1) is 14.6. The predicted molar refractivity (Wildman–Crippen MR) is 71.5 cm³/mol. The number of rotatable bonds is 4. The van der Waals surface area contributed by atoms with Crippen LogP contribution in [0, 0.1) is 0 Å². The molecule has 2 rings (SSSR count). The first-order chi connectivity index (χ1) is 9.54. The quantitative estimate of drug-likeness (QED) is 0.914. The first-order valence-electron chi connectivity index (χ1n) is 7.05. The summed E-state index contributed by atoms with van der Waals surface area (Å²) in [6, 6.07) is 0.873. The highest BCUT2D eigenvalue weighted by Gasteiger charge is 2.34. The van der Waals surface area contributed by atoms with Crippen molar-refractivity contribution in [1.82, 2.24) is 10.1 Å². The fraction of sp³-hybridized carbons (Fsp3) is 0.643. The number of likely N-dealkylation sites (tertiary alicyclic amines) is 1. The molecule has 6 heteroatoms. The molecule has 0 aromatic carbocycles. The van der Waals surface area contributed by atoms with Crippen molar-refractivity contribution in [2.45, 2.75) is 51.5 Å². The lowest BCUT2D eigenvalue weighted by Gasteiger charge is -2.31. The Morgan fingerprint density at radius 3 is 2.95 bits per heavy atom. The summed E-state index contributed by atoms with van der Waals surface area (Å²) >= 11 is 0. The van der Waals surface area contributed by atoms with Crippen molar-refractivity contribution in [3.63, 3.8) is 0 Å². The Kier molecular flexibility index (Phi) is 4.42. The van der Waals surface area contributed by atoms with Crippen LogP contribution in [0.25, 0.3) is 0 Å². The Morgan fingerprint density at radius 2 is 2.30 bits per heavy atom. The third kappa shape index (κ3) is 2.84. The topological polar surface area (TPSA) is 83.6 Å². The van der Waals surface area contributed by atoms with Crippen LogP contribution >= 0.6 is 0 Å². The average molecular weight is 280 g/mol. The van der Waals surface area contributed by atoms with E-state index in [0.717, 1.165) is 25.0 Å². The van der Waals surface area contributed by atoms with E-state index in [4.69, 9.17) is 4.52 Å². The van der Waals surface area contributed by atoms with Gasteiger partial charge < -0.3 is 14.5 Å². The van der Waals surface area contributed by atoms with Gasteiger partial charge in [-0.15, -0.1) is 0 Å². The minimum Gasteiger partial charge on any atom is -0.480 e. The van der Waals surface area contributed by atoms with Gasteiger partial charge in [-0.05, 0) is 25.7 Å². The summed E-state index contributed by atoms with van der Waals surface area (Å²) in [7, 11) is 0. The molecule has 1 aromatic heterocycles. The molecule has 1 N–H and O–H groups in total. The average Bonchev–Trinajstić information content (AvgIpc) is 2.95. The third-order valence-corrected chi connectivity index (χ3v) is 3.91. The van der Waals surface area contributed by atoms with Crippen molar-refractivity contribution in [3.8, 4) is 0 Å². The summed E-state index contributed by atoms with van der Waals surface area (Å²) in [6.45, 7) is 4.49. The SMILES string of the molecule is CC[C@H](C)c1cc(C(=O)N2CCCC[C@@H]2C(=O)O)on1. The fourth-order valence-electron chi connectivity index (χ4n) is 2.40. The van der Waals surface area contributed by atoms with Gasteiger partial charge in [0.15, 0.2) is 0 Å². The number of carbonyl (C=O) groups is 2. The van der Waals surface area contributed by atoms with E-state index in [9.17, 15) is 14.7 Å². The Balaban J connectivity index is 2.17. The summed E-state index contributed by atoms with van der Waals surface area (Å²) < 4.78 is 5.10. The number of piperidine rings is 1. The van der Waals surface area contributed by atoms with Crippen LogP contribution in [0.2, 0.25) is 0 Å². The summed E-state index contributed by atoms with van der Waals surface area (Å²) in [5, 5.41) is 13.1. The van der Waals surface area contributed by atoms with Crippen molar-refractivity contribution in [2.75, 3.05) is 6.54 Å². The lowest BCUT2D eigenvalue weighted by Crippen LogP contribution is -2.47. The fourth-order valence-corrected chi connectivity index (χ4v) is 2.40. The van der Waals surface area contributed by atoms with Gasteiger partial charge in [0.25, 0.3) is 5.91 Å². The van der Waals surface area contributed by atoms with Gasteiger partial charge in [-0.3, -0.25) is 4.79 Å². The number of amides is 1. The second kappa shape index (κ2) is 6.07. The zero-order valence-electron chi connectivity index (χ0n) is 11.8. The van der Waals surface area contributed by atoms with E-state index >= 15 is 0 Å². The van der Waals surface area contributed by atoms with Crippen molar-refractivity contribution in [1.29, 1.82) is 0 Å². The van der Waals surface area contributed by atoms with Crippen molar-refractivity contribution < 1.29 is 19.2 Å². The Labute approximate surface area is 117 Å². The molecule has 0 bridgehead atoms. The molecule has 110 valence electrons. The van der Waals surface area contributed by atoms with Gasteiger partial charge in [-0.1, -0.05) is 19.0 Å². The van der Waals surface area contributed by atoms with Crippen molar-refractivity contribution >= 4 is 11.9 Å². The van der Waals surface area contributed by atoms with E-state index in [-0.39, 0.29) is 17.6 Å². The highest BCUT2D eigenvalue weighted by atomic mass is 16.5. The maximum atomic E-state index is 12.4. The first-order valence-corrected chi connectivity index (χ1v) is 7.05. The zero-order valence-corrected chi connectivity index (χ0v) is 11.8. The molecule has 1 amide bonds. The smallest absolute Gasteiger partial charge is 0.326 e. The maximum Gasteiger partial charge on any atom is 0.326 e. The van der Waals surface area contributed by atoms with Crippen LogP contribution in [0.5, 0.6) is 0 Å². The number of aliphatic carboxylic acids is 1. The summed E-state index contributed by atoms with van der Waals surface area (Å²) in [6.07, 6.45) is 3.05. The molecule has 0 spiro atoms. The highest BCUT2D eigenvalue weighted by Crippen LogP contribution is 2.23. The van der Waals surface area contributed by atoms with Gasteiger partial charge >= 0.3 is 5.97 Å². The van der Waals surface area contributed by atoms with Crippen molar-refractivity contribution in [2.24, 2.45) is 0 Å². The monoisotopic (exact) mass is 280 g/mol. The molecule has 0 radical (unpaired) electrons. The molecule has 1 aliphatic heterocycles. The van der Waals surface area contributed by atoms with Gasteiger partial charge in [-0.2, -0.15) is 0 Å². The molecule has 2 atom stereocenters. The van der Waals surface area contributed by atoms with Gasteiger partial charge in [0.05, 0.1) is 5.69 Å². The van der Waals surface area contributed by atoms with Crippen LogP contribution in [0.15, 0.2) is 10.6 Å². The summed E-state index contributed by atoms with van der Waals surface area (Å²) in [4.78, 5) is 25.0. The van der Waals surface area contributed by atoms with Crippen LogP contribution < -0.4 is 0 Å². The van der Waals surface area contributed by atoms with Gasteiger partial charge in [-0.25, -0.2) is 4.79 Å². The number of carbonyl (C=O) groups excluding carboxylic acids is 1. The molecule has 0 saturated carbocycles. The molecule has 6 nitrogen and oxygen atoms in total. The van der Waals surface area contributed by atoms with E-state index in [1.165, 1.54) is 4.90 Å². The van der Waals surface area contributed by atoms with Gasteiger partial charge in [0.1, 0.15) is 6.04 Å². The van der Waals surface area contributed by atoms with E-state index in [1.54, 1.807) is 6.07 Å². The lowest BCUT2D eigenvalue weighted by molar-refractivity contribution is -0.143. The minimum absolute atomic E-state index is 0.133. The van der Waals surface area contributed by atoms with E-state index in [0.29, 0.717) is 13.0 Å². The highest BCUT2D eigenvalue weighted by molar-refractivity contribution is 5.94. The summed E-state index contributed by atoms with van der Waals surface area (Å²) in [5.41, 5.74) is 0.736. The predicted octanol–water partition coefficient (Wildman–Crippen LogP) is 2.27. The normalized spacial score (nSPS) is 20.7. The molecule has 1 aliphatic rings. The number of hydrogen-bond donors (Lipinski definition) is 1. The molecule has 20 heavy (non-hydrogen) atoms. The Hall–Kier alpha value is -1.85. The van der Waals surface area contributed by atoms with Crippen LogP contribution in [0.3, 0.4) is 0 Å². The largest absolute Gasteiger partial charge is 0.480 e. The van der Waals surface area contributed by atoms with Gasteiger partial charge in [0.2, 0.25) is 5.76 Å². The number of nitrogens with zero attached hydrogens (tertiary/aromatic N) is 2. The lowest BCUT2D eigenvalue weighted by atomic mass is 10.0. The minimum atomic E-state index is -0.959. The molecule has 2 heterocycles. The summed E-state index contributed by atoms with van der Waals surface area (Å²) in [5.74, 6) is -0.982. The number of aromatic nitrogens is 1. The molecular formula is C14H20N2O4.